The third-order valence-corrected chi connectivity index (χ3v) is 2.13. The smallest absolute Gasteiger partial charge is 0.0835 e. The molecule has 72 valence electrons. The Bertz CT molecular complexity index is 141. The highest BCUT2D eigenvalue weighted by Crippen LogP contribution is 2.17. The van der Waals surface area contributed by atoms with Crippen LogP contribution in [0.25, 0.3) is 0 Å². The molecule has 0 aromatic heterocycles. The first kappa shape index (κ1) is 11.7. The van der Waals surface area contributed by atoms with Crippen molar-refractivity contribution in [2.75, 3.05) is 13.1 Å². The van der Waals surface area contributed by atoms with Crippen LogP contribution in [0.1, 0.15) is 33.6 Å². The van der Waals surface area contributed by atoms with Crippen LogP contribution in [0.2, 0.25) is 0 Å². The van der Waals surface area contributed by atoms with Gasteiger partial charge in [0.05, 0.1) is 5.60 Å². The number of rotatable bonds is 6. The zero-order valence-corrected chi connectivity index (χ0v) is 8.48. The van der Waals surface area contributed by atoms with Gasteiger partial charge in [-0.15, -0.1) is 0 Å². The van der Waals surface area contributed by atoms with Crippen molar-refractivity contribution in [3.05, 3.63) is 12.2 Å². The molecule has 0 aliphatic heterocycles. The summed E-state index contributed by atoms with van der Waals surface area (Å²) >= 11 is 0. The summed E-state index contributed by atoms with van der Waals surface area (Å²) in [5.74, 6) is 0. The molecule has 2 nitrogen and oxygen atoms in total. The monoisotopic (exact) mass is 171 g/mol. The Morgan fingerprint density at radius 1 is 1.50 bits per heavy atom. The van der Waals surface area contributed by atoms with Crippen LogP contribution in [0.4, 0.5) is 0 Å². The molecule has 1 unspecified atom stereocenters. The molecule has 0 amide bonds. The third-order valence-electron chi connectivity index (χ3n) is 2.13. The van der Waals surface area contributed by atoms with Crippen molar-refractivity contribution in [2.24, 2.45) is 0 Å². The van der Waals surface area contributed by atoms with Crippen LogP contribution in [0.3, 0.4) is 0 Å². The molecule has 1 atom stereocenters. The van der Waals surface area contributed by atoms with Crippen molar-refractivity contribution < 1.29 is 5.11 Å². The number of nitrogens with one attached hydrogen (secondary N) is 1. The summed E-state index contributed by atoms with van der Waals surface area (Å²) in [7, 11) is 0. The minimum Gasteiger partial charge on any atom is -0.386 e. The lowest BCUT2D eigenvalue weighted by atomic mass is 9.95. The molecule has 0 aliphatic rings. The van der Waals surface area contributed by atoms with E-state index in [0.717, 1.165) is 31.5 Å². The van der Waals surface area contributed by atoms with E-state index in [4.69, 9.17) is 0 Å². The molecule has 2 N–H and O–H groups in total. The van der Waals surface area contributed by atoms with Gasteiger partial charge in [-0.1, -0.05) is 13.5 Å². The molecule has 0 aromatic rings. The lowest BCUT2D eigenvalue weighted by molar-refractivity contribution is 0.0896. The Hall–Kier alpha value is -0.340. The quantitative estimate of drug-likeness (QED) is 0.471. The van der Waals surface area contributed by atoms with Crippen molar-refractivity contribution in [3.8, 4) is 0 Å². The molecule has 0 saturated heterocycles. The van der Waals surface area contributed by atoms with Crippen LogP contribution < -0.4 is 5.32 Å². The van der Waals surface area contributed by atoms with Gasteiger partial charge in [0.2, 0.25) is 0 Å². The molecule has 12 heavy (non-hydrogen) atoms. The molecule has 0 aromatic carbocycles. The van der Waals surface area contributed by atoms with E-state index in [1.807, 2.05) is 13.8 Å². The second kappa shape index (κ2) is 5.33. The van der Waals surface area contributed by atoms with E-state index in [1.54, 1.807) is 0 Å². The first-order valence-corrected chi connectivity index (χ1v) is 4.59. The first-order valence-electron chi connectivity index (χ1n) is 4.59. The van der Waals surface area contributed by atoms with Gasteiger partial charge < -0.3 is 10.4 Å². The average molecular weight is 171 g/mol. The first-order chi connectivity index (χ1) is 5.50. The number of aliphatic hydroxyl groups is 1. The molecule has 0 saturated carbocycles. The Labute approximate surface area is 75.7 Å². The van der Waals surface area contributed by atoms with Gasteiger partial charge in [0.25, 0.3) is 0 Å². The minimum absolute atomic E-state index is 0.708. The summed E-state index contributed by atoms with van der Waals surface area (Å²) in [4.78, 5) is 0. The number of hydrogen-bond acceptors (Lipinski definition) is 2. The maximum absolute atomic E-state index is 9.75. The highest BCUT2D eigenvalue weighted by molar-refractivity contribution is 5.06. The zero-order valence-electron chi connectivity index (χ0n) is 8.48. The molecule has 0 radical (unpaired) electrons. The molecular formula is C10H21NO. The summed E-state index contributed by atoms with van der Waals surface area (Å²) in [6, 6.07) is 0. The third kappa shape index (κ3) is 4.52. The highest BCUT2D eigenvalue weighted by Gasteiger charge is 2.19. The molecule has 0 heterocycles. The Kier molecular flexibility index (Phi) is 5.18. The summed E-state index contributed by atoms with van der Waals surface area (Å²) < 4.78 is 0. The van der Waals surface area contributed by atoms with Gasteiger partial charge in [0, 0.05) is 0 Å². The van der Waals surface area contributed by atoms with Crippen LogP contribution >= 0.6 is 0 Å². The Morgan fingerprint density at radius 3 is 2.50 bits per heavy atom. The molecule has 0 spiro atoms. The van der Waals surface area contributed by atoms with Crippen LogP contribution in [0.15, 0.2) is 12.2 Å². The van der Waals surface area contributed by atoms with E-state index in [2.05, 4.69) is 18.8 Å². The van der Waals surface area contributed by atoms with E-state index >= 15 is 0 Å². The van der Waals surface area contributed by atoms with E-state index in [9.17, 15) is 5.11 Å². The van der Waals surface area contributed by atoms with Gasteiger partial charge >= 0.3 is 0 Å². The lowest BCUT2D eigenvalue weighted by Gasteiger charge is -2.23. The molecule has 0 rings (SSSR count). The van der Waals surface area contributed by atoms with Crippen molar-refractivity contribution in [1.82, 2.24) is 5.32 Å². The fourth-order valence-electron chi connectivity index (χ4n) is 0.847. The number of hydrogen-bond donors (Lipinski definition) is 2. The van der Waals surface area contributed by atoms with Crippen LogP contribution in [-0.2, 0) is 0 Å². The van der Waals surface area contributed by atoms with E-state index in [-0.39, 0.29) is 0 Å². The van der Waals surface area contributed by atoms with E-state index < -0.39 is 5.60 Å². The Morgan fingerprint density at radius 2 is 2.08 bits per heavy atom. The average Bonchev–Trinajstić information content (AvgIpc) is 1.98. The molecule has 0 aliphatic carbocycles. The normalized spacial score (nSPS) is 15.7. The van der Waals surface area contributed by atoms with Crippen molar-refractivity contribution >= 4 is 0 Å². The predicted molar refractivity (Wildman–Crippen MR) is 53.2 cm³/mol. The summed E-state index contributed by atoms with van der Waals surface area (Å²) in [5, 5.41) is 13.0. The highest BCUT2D eigenvalue weighted by atomic mass is 16.3. The van der Waals surface area contributed by atoms with Crippen LogP contribution in [-0.4, -0.2) is 23.8 Å². The van der Waals surface area contributed by atoms with Gasteiger partial charge in [-0.05, 0) is 45.4 Å². The van der Waals surface area contributed by atoms with Gasteiger partial charge in [-0.2, -0.15) is 0 Å². The van der Waals surface area contributed by atoms with Gasteiger partial charge in [-0.3, -0.25) is 0 Å². The van der Waals surface area contributed by atoms with Crippen molar-refractivity contribution in [1.29, 1.82) is 0 Å². The van der Waals surface area contributed by atoms with Gasteiger partial charge in [0.1, 0.15) is 0 Å². The maximum atomic E-state index is 9.75. The van der Waals surface area contributed by atoms with Crippen LogP contribution in [0, 0.1) is 0 Å². The summed E-state index contributed by atoms with van der Waals surface area (Å²) in [6.45, 7) is 11.4. The molecule has 2 heteroatoms. The second-order valence-electron chi connectivity index (χ2n) is 3.55. The summed E-state index contributed by atoms with van der Waals surface area (Å²) in [6.07, 6.45) is 1.87. The second-order valence-corrected chi connectivity index (χ2v) is 3.55. The maximum Gasteiger partial charge on any atom is 0.0835 e. The predicted octanol–water partition coefficient (Wildman–Crippen LogP) is 1.70. The van der Waals surface area contributed by atoms with Crippen LogP contribution in [0.5, 0.6) is 0 Å². The minimum atomic E-state index is -0.708. The molecule has 0 bridgehead atoms. The largest absolute Gasteiger partial charge is 0.386 e. The standard InChI is InChI=1S/C10H21NO/c1-5-7-11-8-6-10(4,12)9(2)3/h11-12H,2,5-8H2,1,3-4H3. The molecular weight excluding hydrogens is 150 g/mol. The fourth-order valence-corrected chi connectivity index (χ4v) is 0.847. The molecule has 0 fully saturated rings. The SMILES string of the molecule is C=C(C)C(C)(O)CCNCCC. The lowest BCUT2D eigenvalue weighted by Crippen LogP contribution is -2.30. The van der Waals surface area contributed by atoms with E-state index in [0.29, 0.717) is 0 Å². The Balaban J connectivity index is 3.54. The zero-order chi connectivity index (χ0) is 9.61. The fraction of sp³-hybridized carbons (Fsp3) is 0.800. The van der Waals surface area contributed by atoms with Gasteiger partial charge in [-0.25, -0.2) is 0 Å². The van der Waals surface area contributed by atoms with Crippen molar-refractivity contribution in [3.63, 3.8) is 0 Å². The topological polar surface area (TPSA) is 32.3 Å². The van der Waals surface area contributed by atoms with Gasteiger partial charge in [0.15, 0.2) is 0 Å². The van der Waals surface area contributed by atoms with E-state index in [1.165, 1.54) is 0 Å². The van der Waals surface area contributed by atoms with Crippen molar-refractivity contribution in [2.45, 2.75) is 39.2 Å². The summed E-state index contributed by atoms with van der Waals surface area (Å²) in [5.41, 5.74) is 0.126.